The van der Waals surface area contributed by atoms with Gasteiger partial charge in [0.25, 0.3) is 0 Å². The van der Waals surface area contributed by atoms with Crippen molar-refractivity contribution in [2.24, 2.45) is 5.41 Å². The smallest absolute Gasteiger partial charge is 0.127 e. The third-order valence-electron chi connectivity index (χ3n) is 3.56. The highest BCUT2D eigenvalue weighted by Crippen LogP contribution is 2.37. The summed E-state index contributed by atoms with van der Waals surface area (Å²) in [6.45, 7) is 6.07. The van der Waals surface area contributed by atoms with Crippen LogP contribution in [-0.2, 0) is 0 Å². The monoisotopic (exact) mass is 248 g/mol. The van der Waals surface area contributed by atoms with E-state index >= 15 is 0 Å². The van der Waals surface area contributed by atoms with Crippen LogP contribution in [0, 0.1) is 11.8 Å². The largest absolute Gasteiger partial charge is 0.388 e. The Morgan fingerprint density at radius 1 is 1.33 bits per heavy atom. The van der Waals surface area contributed by atoms with Crippen LogP contribution in [0.2, 0.25) is 0 Å². The number of hydrogen-bond acceptors (Lipinski definition) is 3. The van der Waals surface area contributed by atoms with Crippen LogP contribution in [0.3, 0.4) is 0 Å². The van der Waals surface area contributed by atoms with Gasteiger partial charge in [0.2, 0.25) is 0 Å². The lowest BCUT2D eigenvalue weighted by Crippen LogP contribution is -2.35. The Balaban J connectivity index is 2.34. The van der Waals surface area contributed by atoms with Gasteiger partial charge in [-0.15, -0.1) is 0 Å². The second-order valence-electron chi connectivity index (χ2n) is 6.12. The number of hydrogen-bond donors (Lipinski definition) is 2. The fourth-order valence-corrected chi connectivity index (χ4v) is 2.28. The summed E-state index contributed by atoms with van der Waals surface area (Å²) < 4.78 is 0. The molecule has 1 aromatic rings. The van der Waals surface area contributed by atoms with Crippen LogP contribution in [0.4, 0.5) is 5.69 Å². The number of benzene rings is 1. The number of fused-ring (bicyclic) bond motifs is 1. The number of aliphatic hydroxyl groups excluding tert-OH is 2. The first-order chi connectivity index (χ1) is 8.30. The molecule has 2 atom stereocenters. The number of anilines is 1. The molecule has 1 aliphatic rings. The minimum Gasteiger partial charge on any atom is -0.388 e. The quantitative estimate of drug-likeness (QED) is 0.802. The van der Waals surface area contributed by atoms with E-state index in [1.807, 2.05) is 57.3 Å². The van der Waals surface area contributed by atoms with Crippen molar-refractivity contribution in [1.29, 1.82) is 0 Å². The predicted molar refractivity (Wildman–Crippen MR) is 73.3 cm³/mol. The van der Waals surface area contributed by atoms with Crippen LogP contribution in [0.15, 0.2) is 18.2 Å². The van der Waals surface area contributed by atoms with Crippen molar-refractivity contribution >= 4 is 5.69 Å². The Bertz CT molecular complexity index is 437. The molecule has 0 aromatic heterocycles. The van der Waals surface area contributed by atoms with Gasteiger partial charge in [-0.25, -0.2) is 0 Å². The van der Waals surface area contributed by atoms with Gasteiger partial charge in [0.1, 0.15) is 6.23 Å². The second kappa shape index (κ2) is 4.56. The molecule has 0 aliphatic carbocycles. The summed E-state index contributed by atoms with van der Waals surface area (Å²) in [6.07, 6.45) is 1.72. The Morgan fingerprint density at radius 3 is 2.61 bits per heavy atom. The molecule has 2 unspecified atom stereocenters. The Morgan fingerprint density at radius 2 is 2.00 bits per heavy atom. The van der Waals surface area contributed by atoms with Crippen molar-refractivity contribution in [3.05, 3.63) is 35.7 Å². The fraction of sp³-hybridized carbons (Fsp3) is 0.533. The molecular weight excluding hydrogens is 226 g/mol. The van der Waals surface area contributed by atoms with E-state index in [2.05, 4.69) is 0 Å². The molecule has 1 aliphatic heterocycles. The predicted octanol–water partition coefficient (Wildman–Crippen LogP) is 2.48. The summed E-state index contributed by atoms with van der Waals surface area (Å²) >= 11 is 0. The number of aliphatic hydroxyl groups is 2. The summed E-state index contributed by atoms with van der Waals surface area (Å²) in [5, 5.41) is 20.1. The van der Waals surface area contributed by atoms with Gasteiger partial charge in [-0.3, -0.25) is 0 Å². The van der Waals surface area contributed by atoms with Crippen LogP contribution in [-0.4, -0.2) is 23.5 Å². The van der Waals surface area contributed by atoms with Crippen LogP contribution < -0.4 is 4.90 Å². The van der Waals surface area contributed by atoms with Gasteiger partial charge in [-0.2, -0.15) is 0 Å². The second-order valence-corrected chi connectivity index (χ2v) is 6.12. The standard InChI is InChI=1S/C15H22NO2/c1-15(2,3)14(18)11-5-7-12-10(9-11)6-8-13(17)16(12)4/h5-7,9,13-14,17-18H,8H2,1-4H3. The maximum absolute atomic E-state index is 10.3. The third kappa shape index (κ3) is 2.38. The van der Waals surface area contributed by atoms with E-state index in [-0.39, 0.29) is 5.41 Å². The van der Waals surface area contributed by atoms with E-state index in [9.17, 15) is 10.2 Å². The van der Waals surface area contributed by atoms with Crippen molar-refractivity contribution in [2.45, 2.75) is 39.5 Å². The van der Waals surface area contributed by atoms with Crippen LogP contribution in [0.1, 0.15) is 44.4 Å². The maximum atomic E-state index is 10.3. The molecule has 1 heterocycles. The molecule has 3 heteroatoms. The highest BCUT2D eigenvalue weighted by molar-refractivity contribution is 5.60. The first-order valence-electron chi connectivity index (χ1n) is 6.37. The average molecular weight is 248 g/mol. The average Bonchev–Trinajstić information content (AvgIpc) is 2.31. The van der Waals surface area contributed by atoms with Gasteiger partial charge in [-0.05, 0) is 35.4 Å². The van der Waals surface area contributed by atoms with Crippen molar-refractivity contribution in [3.63, 3.8) is 0 Å². The zero-order chi connectivity index (χ0) is 13.5. The zero-order valence-electron chi connectivity index (χ0n) is 11.5. The van der Waals surface area contributed by atoms with E-state index < -0.39 is 12.3 Å². The summed E-state index contributed by atoms with van der Waals surface area (Å²) in [4.78, 5) is 1.86. The SMILES string of the molecule is CN1c2ccc(C(O)C(C)(C)C)cc2[CH]CC1O. The zero-order valence-corrected chi connectivity index (χ0v) is 11.5. The fourth-order valence-electron chi connectivity index (χ4n) is 2.28. The van der Waals surface area contributed by atoms with Crippen molar-refractivity contribution in [1.82, 2.24) is 0 Å². The van der Waals surface area contributed by atoms with Gasteiger partial charge >= 0.3 is 0 Å². The van der Waals surface area contributed by atoms with Gasteiger partial charge in [0, 0.05) is 12.7 Å². The highest BCUT2D eigenvalue weighted by Gasteiger charge is 2.26. The van der Waals surface area contributed by atoms with E-state index in [1.54, 1.807) is 0 Å². The first kappa shape index (κ1) is 13.4. The topological polar surface area (TPSA) is 43.7 Å². The van der Waals surface area contributed by atoms with Crippen LogP contribution >= 0.6 is 0 Å². The van der Waals surface area contributed by atoms with Crippen molar-refractivity contribution in [2.75, 3.05) is 11.9 Å². The molecule has 0 saturated carbocycles. The number of nitrogens with zero attached hydrogens (tertiary/aromatic N) is 1. The molecule has 0 amide bonds. The molecule has 1 radical (unpaired) electrons. The highest BCUT2D eigenvalue weighted by atomic mass is 16.3. The normalized spacial score (nSPS) is 21.7. The summed E-state index contributed by atoms with van der Waals surface area (Å²) in [5.74, 6) is 0. The molecule has 18 heavy (non-hydrogen) atoms. The van der Waals surface area contributed by atoms with E-state index in [4.69, 9.17) is 0 Å². The van der Waals surface area contributed by atoms with Crippen molar-refractivity contribution in [3.8, 4) is 0 Å². The van der Waals surface area contributed by atoms with Crippen LogP contribution in [0.25, 0.3) is 0 Å². The van der Waals surface area contributed by atoms with Gasteiger partial charge in [0.05, 0.1) is 6.10 Å². The molecule has 2 rings (SSSR count). The molecule has 0 bridgehead atoms. The molecule has 0 saturated heterocycles. The molecule has 99 valence electrons. The molecule has 0 fully saturated rings. The number of rotatable bonds is 1. The molecule has 1 aromatic carbocycles. The minimum absolute atomic E-state index is 0.172. The molecular formula is C15H22NO2. The van der Waals surface area contributed by atoms with Gasteiger partial charge in [-0.1, -0.05) is 32.9 Å². The Kier molecular flexibility index (Phi) is 3.39. The summed E-state index contributed by atoms with van der Waals surface area (Å²) in [7, 11) is 1.89. The van der Waals surface area contributed by atoms with Gasteiger partial charge < -0.3 is 15.1 Å². The summed E-state index contributed by atoms with van der Waals surface area (Å²) in [5.41, 5.74) is 2.86. The summed E-state index contributed by atoms with van der Waals surface area (Å²) in [6, 6.07) is 5.93. The lowest BCUT2D eigenvalue weighted by atomic mass is 9.83. The van der Waals surface area contributed by atoms with E-state index in [1.165, 1.54) is 0 Å². The van der Waals surface area contributed by atoms with E-state index in [0.717, 1.165) is 16.8 Å². The molecule has 2 N–H and O–H groups in total. The Labute approximate surface area is 109 Å². The lowest BCUT2D eigenvalue weighted by molar-refractivity contribution is 0.0626. The Hall–Kier alpha value is -1.06. The van der Waals surface area contributed by atoms with E-state index in [0.29, 0.717) is 6.42 Å². The minimum atomic E-state index is -0.478. The maximum Gasteiger partial charge on any atom is 0.127 e. The van der Waals surface area contributed by atoms with Crippen LogP contribution in [0.5, 0.6) is 0 Å². The third-order valence-corrected chi connectivity index (χ3v) is 3.56. The van der Waals surface area contributed by atoms with Crippen molar-refractivity contribution < 1.29 is 10.2 Å². The van der Waals surface area contributed by atoms with Gasteiger partial charge in [0.15, 0.2) is 0 Å². The molecule has 3 nitrogen and oxygen atoms in total. The first-order valence-corrected chi connectivity index (χ1v) is 6.37. The molecule has 0 spiro atoms. The lowest BCUT2D eigenvalue weighted by Gasteiger charge is -2.34.